The van der Waals surface area contributed by atoms with E-state index in [9.17, 15) is 13.6 Å². The van der Waals surface area contributed by atoms with Gasteiger partial charge in [-0.1, -0.05) is 11.6 Å². The molecule has 3 aromatic rings. The summed E-state index contributed by atoms with van der Waals surface area (Å²) in [5.74, 6) is -0.776. The van der Waals surface area contributed by atoms with Crippen molar-refractivity contribution < 1.29 is 8.78 Å². The first-order valence-electron chi connectivity index (χ1n) is 7.39. The minimum absolute atomic E-state index is 0.144. The SMILES string of the molecule is O=c1c2ccc(Cl)cc2nc2n1CC/C2=C/c1ccc(F)cc1F. The van der Waals surface area contributed by atoms with E-state index in [-0.39, 0.29) is 11.1 Å². The van der Waals surface area contributed by atoms with E-state index in [4.69, 9.17) is 11.6 Å². The van der Waals surface area contributed by atoms with Gasteiger partial charge in [0, 0.05) is 23.2 Å². The van der Waals surface area contributed by atoms with Gasteiger partial charge in [0.15, 0.2) is 0 Å². The van der Waals surface area contributed by atoms with Crippen LogP contribution in [0.4, 0.5) is 8.78 Å². The van der Waals surface area contributed by atoms with E-state index >= 15 is 0 Å². The molecule has 2 heterocycles. The van der Waals surface area contributed by atoms with Gasteiger partial charge in [-0.3, -0.25) is 9.36 Å². The minimum atomic E-state index is -0.646. The van der Waals surface area contributed by atoms with Crippen molar-refractivity contribution in [1.82, 2.24) is 9.55 Å². The zero-order chi connectivity index (χ0) is 16.8. The van der Waals surface area contributed by atoms with Gasteiger partial charge in [-0.25, -0.2) is 13.8 Å². The maximum absolute atomic E-state index is 13.9. The maximum Gasteiger partial charge on any atom is 0.261 e. The third-order valence-corrected chi connectivity index (χ3v) is 4.34. The molecule has 0 saturated heterocycles. The molecule has 1 aliphatic rings. The Bertz CT molecular complexity index is 1070. The van der Waals surface area contributed by atoms with Gasteiger partial charge < -0.3 is 0 Å². The number of nitrogens with zero attached hydrogens (tertiary/aromatic N) is 2. The van der Waals surface area contributed by atoms with Crippen LogP contribution in [0.25, 0.3) is 22.6 Å². The van der Waals surface area contributed by atoms with Gasteiger partial charge >= 0.3 is 0 Å². The smallest absolute Gasteiger partial charge is 0.261 e. The van der Waals surface area contributed by atoms with Crippen molar-refractivity contribution in [3.63, 3.8) is 0 Å². The van der Waals surface area contributed by atoms with Crippen LogP contribution in [0.5, 0.6) is 0 Å². The lowest BCUT2D eigenvalue weighted by Crippen LogP contribution is -2.20. The maximum atomic E-state index is 13.9. The molecule has 120 valence electrons. The van der Waals surface area contributed by atoms with Crippen LogP contribution in [0.2, 0.25) is 5.02 Å². The molecule has 24 heavy (non-hydrogen) atoms. The summed E-state index contributed by atoms with van der Waals surface area (Å²) in [5, 5.41) is 0.991. The number of aromatic nitrogens is 2. The summed E-state index contributed by atoms with van der Waals surface area (Å²) < 4.78 is 28.5. The van der Waals surface area contributed by atoms with Crippen LogP contribution in [0, 0.1) is 11.6 Å². The Balaban J connectivity index is 1.91. The Labute approximate surface area is 140 Å². The molecule has 1 aromatic heterocycles. The van der Waals surface area contributed by atoms with E-state index in [1.807, 2.05) is 0 Å². The average Bonchev–Trinajstić information content (AvgIpc) is 2.93. The molecule has 0 unspecified atom stereocenters. The molecule has 0 radical (unpaired) electrons. The zero-order valence-electron chi connectivity index (χ0n) is 12.4. The summed E-state index contributed by atoms with van der Waals surface area (Å²) in [6.45, 7) is 0.481. The van der Waals surface area contributed by atoms with Gasteiger partial charge in [0.25, 0.3) is 5.56 Å². The van der Waals surface area contributed by atoms with Crippen LogP contribution in [0.1, 0.15) is 17.8 Å². The molecule has 0 bridgehead atoms. The summed E-state index contributed by atoms with van der Waals surface area (Å²) in [4.78, 5) is 17.1. The van der Waals surface area contributed by atoms with Gasteiger partial charge in [0.05, 0.1) is 10.9 Å². The topological polar surface area (TPSA) is 34.9 Å². The first-order chi connectivity index (χ1) is 11.5. The second-order valence-corrected chi connectivity index (χ2v) is 6.08. The summed E-state index contributed by atoms with van der Waals surface area (Å²) in [5.41, 5.74) is 1.36. The quantitative estimate of drug-likeness (QED) is 0.660. The first-order valence-corrected chi connectivity index (χ1v) is 7.77. The third-order valence-electron chi connectivity index (χ3n) is 4.10. The second kappa shape index (κ2) is 5.53. The normalized spacial score (nSPS) is 15.2. The van der Waals surface area contributed by atoms with Crippen LogP contribution in [0.15, 0.2) is 41.2 Å². The molecular weight excluding hydrogens is 334 g/mol. The van der Waals surface area contributed by atoms with Crippen molar-refractivity contribution in [3.8, 4) is 0 Å². The van der Waals surface area contributed by atoms with Crippen molar-refractivity contribution in [2.75, 3.05) is 0 Å². The van der Waals surface area contributed by atoms with Crippen LogP contribution in [0.3, 0.4) is 0 Å². The van der Waals surface area contributed by atoms with Crippen molar-refractivity contribution in [2.45, 2.75) is 13.0 Å². The van der Waals surface area contributed by atoms with Crippen molar-refractivity contribution in [3.05, 3.63) is 74.8 Å². The Hall–Kier alpha value is -2.53. The molecule has 0 N–H and O–H groups in total. The number of halogens is 3. The Morgan fingerprint density at radius 1 is 1.17 bits per heavy atom. The molecule has 0 aliphatic carbocycles. The minimum Gasteiger partial charge on any atom is -0.292 e. The summed E-state index contributed by atoms with van der Waals surface area (Å²) in [6, 6.07) is 8.35. The molecule has 1 aliphatic heterocycles. The standard InChI is InChI=1S/C18H11ClF2N2O/c19-12-2-4-14-16(8-12)22-17-11(5-6-23(17)18(14)24)7-10-1-3-13(20)9-15(10)21/h1-4,7-9H,5-6H2/b11-7-. The molecule has 0 saturated carbocycles. The molecule has 0 fully saturated rings. The van der Waals surface area contributed by atoms with Gasteiger partial charge in [0.1, 0.15) is 17.5 Å². The zero-order valence-corrected chi connectivity index (χ0v) is 13.1. The van der Waals surface area contributed by atoms with E-state index in [1.54, 1.807) is 28.8 Å². The van der Waals surface area contributed by atoms with Crippen LogP contribution >= 0.6 is 11.6 Å². The van der Waals surface area contributed by atoms with Gasteiger partial charge in [-0.05, 0) is 48.4 Å². The monoisotopic (exact) mass is 344 g/mol. The highest BCUT2D eigenvalue weighted by molar-refractivity contribution is 6.31. The lowest BCUT2D eigenvalue weighted by atomic mass is 10.1. The molecule has 2 aromatic carbocycles. The van der Waals surface area contributed by atoms with Crippen LogP contribution < -0.4 is 5.56 Å². The van der Waals surface area contributed by atoms with Crippen LogP contribution in [-0.2, 0) is 6.54 Å². The number of rotatable bonds is 1. The lowest BCUT2D eigenvalue weighted by Gasteiger charge is -2.06. The highest BCUT2D eigenvalue weighted by Crippen LogP contribution is 2.28. The first kappa shape index (κ1) is 15.0. The third kappa shape index (κ3) is 2.41. The summed E-state index contributed by atoms with van der Waals surface area (Å²) in [6.07, 6.45) is 2.17. The molecule has 6 heteroatoms. The number of fused-ring (bicyclic) bond motifs is 2. The average molecular weight is 345 g/mol. The number of hydrogen-bond acceptors (Lipinski definition) is 2. The molecule has 0 amide bonds. The molecule has 0 atom stereocenters. The molecular formula is C18H11ClF2N2O. The predicted molar refractivity (Wildman–Crippen MR) is 89.9 cm³/mol. The molecule has 0 spiro atoms. The van der Waals surface area contributed by atoms with Crippen molar-refractivity contribution in [2.24, 2.45) is 0 Å². The Morgan fingerprint density at radius 2 is 2.00 bits per heavy atom. The number of hydrogen-bond donors (Lipinski definition) is 0. The van der Waals surface area contributed by atoms with Gasteiger partial charge in [0.2, 0.25) is 0 Å². The fourth-order valence-corrected chi connectivity index (χ4v) is 3.10. The predicted octanol–water partition coefficient (Wildman–Crippen LogP) is 4.27. The van der Waals surface area contributed by atoms with E-state index in [0.29, 0.717) is 34.7 Å². The largest absolute Gasteiger partial charge is 0.292 e. The highest BCUT2D eigenvalue weighted by atomic mass is 35.5. The van der Waals surface area contributed by atoms with E-state index in [1.165, 1.54) is 12.1 Å². The number of benzene rings is 2. The molecule has 4 rings (SSSR count). The van der Waals surface area contributed by atoms with Crippen LogP contribution in [-0.4, -0.2) is 9.55 Å². The summed E-state index contributed by atoms with van der Waals surface area (Å²) >= 11 is 5.98. The van der Waals surface area contributed by atoms with Crippen molar-refractivity contribution >= 4 is 34.2 Å². The molecule has 3 nitrogen and oxygen atoms in total. The fourth-order valence-electron chi connectivity index (χ4n) is 2.93. The Morgan fingerprint density at radius 3 is 2.79 bits per heavy atom. The highest BCUT2D eigenvalue weighted by Gasteiger charge is 2.21. The summed E-state index contributed by atoms with van der Waals surface area (Å²) in [7, 11) is 0. The lowest BCUT2D eigenvalue weighted by molar-refractivity contribution is 0.581. The fraction of sp³-hybridized carbons (Fsp3) is 0.111. The number of allylic oxidation sites excluding steroid dienone is 1. The van der Waals surface area contributed by atoms with Gasteiger partial charge in [-0.15, -0.1) is 0 Å². The van der Waals surface area contributed by atoms with E-state index in [2.05, 4.69) is 4.98 Å². The van der Waals surface area contributed by atoms with E-state index < -0.39 is 11.6 Å². The Kier molecular flexibility index (Phi) is 3.46. The van der Waals surface area contributed by atoms with Gasteiger partial charge in [-0.2, -0.15) is 0 Å². The van der Waals surface area contributed by atoms with Crippen molar-refractivity contribution in [1.29, 1.82) is 0 Å². The second-order valence-electron chi connectivity index (χ2n) is 5.64. The van der Waals surface area contributed by atoms with E-state index in [0.717, 1.165) is 11.6 Å².